The highest BCUT2D eigenvalue weighted by Gasteiger charge is 2.28. The fraction of sp³-hybridized carbons (Fsp3) is 0.350. The monoisotopic (exact) mass is 388 g/mol. The molecule has 2 atom stereocenters. The third-order valence-corrected chi connectivity index (χ3v) is 5.38. The molecule has 0 radical (unpaired) electrons. The van der Waals surface area contributed by atoms with Crippen LogP contribution in [0.2, 0.25) is 0 Å². The van der Waals surface area contributed by atoms with E-state index in [1.54, 1.807) is 0 Å². The van der Waals surface area contributed by atoms with E-state index in [0.29, 0.717) is 6.61 Å². The number of carboxylic acid groups (broad SMARTS) is 1. The molecule has 0 fully saturated rings. The van der Waals surface area contributed by atoms with E-state index in [0.717, 1.165) is 28.6 Å². The molecule has 1 N–H and O–H groups in total. The van der Waals surface area contributed by atoms with Crippen LogP contribution < -0.4 is 4.74 Å². The third-order valence-electron chi connectivity index (χ3n) is 4.85. The van der Waals surface area contributed by atoms with Crippen LogP contribution in [0.4, 0.5) is 0 Å². The number of benzene rings is 2. The van der Waals surface area contributed by atoms with Crippen molar-refractivity contribution in [2.45, 2.75) is 38.7 Å². The van der Waals surface area contributed by atoms with Gasteiger partial charge in [-0.15, -0.1) is 0 Å². The average molecular weight is 389 g/mol. The van der Waals surface area contributed by atoms with Gasteiger partial charge < -0.3 is 9.84 Å². The Morgan fingerprint density at radius 1 is 1.25 bits per heavy atom. The number of halogens is 1. The smallest absolute Gasteiger partial charge is 0.303 e. The SMILES string of the molecule is CC1c2ccc(OCc3ccc(Br)cc3)cc2CCC1CC(=O)O. The van der Waals surface area contributed by atoms with Crippen LogP contribution in [-0.2, 0) is 17.8 Å². The van der Waals surface area contributed by atoms with Gasteiger partial charge in [0.05, 0.1) is 0 Å². The third kappa shape index (κ3) is 3.99. The maximum atomic E-state index is 11.0. The number of rotatable bonds is 5. The van der Waals surface area contributed by atoms with Crippen molar-refractivity contribution in [2.75, 3.05) is 0 Å². The molecular weight excluding hydrogens is 368 g/mol. The summed E-state index contributed by atoms with van der Waals surface area (Å²) in [7, 11) is 0. The molecule has 0 aromatic heterocycles. The number of hydrogen-bond donors (Lipinski definition) is 1. The average Bonchev–Trinajstić information content (AvgIpc) is 2.56. The molecule has 0 aliphatic heterocycles. The molecule has 0 heterocycles. The zero-order chi connectivity index (χ0) is 17.1. The van der Waals surface area contributed by atoms with Gasteiger partial charge in [-0.1, -0.05) is 41.1 Å². The molecule has 0 bridgehead atoms. The van der Waals surface area contributed by atoms with Crippen LogP contribution in [0.1, 0.15) is 42.4 Å². The largest absolute Gasteiger partial charge is 0.489 e. The second-order valence-corrected chi connectivity index (χ2v) is 7.38. The number of ether oxygens (including phenoxy) is 1. The molecule has 2 aromatic carbocycles. The lowest BCUT2D eigenvalue weighted by atomic mass is 9.74. The summed E-state index contributed by atoms with van der Waals surface area (Å²) in [5.74, 6) is 0.681. The van der Waals surface area contributed by atoms with Crippen LogP contribution in [0, 0.1) is 5.92 Å². The predicted molar refractivity (Wildman–Crippen MR) is 97.4 cm³/mol. The van der Waals surface area contributed by atoms with Crippen molar-refractivity contribution in [2.24, 2.45) is 5.92 Å². The summed E-state index contributed by atoms with van der Waals surface area (Å²) >= 11 is 3.43. The summed E-state index contributed by atoms with van der Waals surface area (Å²) < 4.78 is 6.98. The van der Waals surface area contributed by atoms with E-state index in [4.69, 9.17) is 9.84 Å². The molecule has 24 heavy (non-hydrogen) atoms. The number of fused-ring (bicyclic) bond motifs is 1. The van der Waals surface area contributed by atoms with Crippen molar-refractivity contribution in [3.05, 3.63) is 63.6 Å². The summed E-state index contributed by atoms with van der Waals surface area (Å²) in [5, 5.41) is 9.05. The summed E-state index contributed by atoms with van der Waals surface area (Å²) in [6.45, 7) is 2.68. The van der Waals surface area contributed by atoms with Crippen molar-refractivity contribution < 1.29 is 14.6 Å². The molecule has 3 rings (SSSR count). The number of hydrogen-bond acceptors (Lipinski definition) is 2. The first kappa shape index (κ1) is 17.0. The Kier molecular flexibility index (Phi) is 5.24. The van der Waals surface area contributed by atoms with Gasteiger partial charge in [0, 0.05) is 10.9 Å². The normalized spacial score (nSPS) is 19.6. The second kappa shape index (κ2) is 7.39. The standard InChI is InChI=1S/C20H21BrO3/c1-13-15(11-20(22)23)4-5-16-10-18(8-9-19(13)16)24-12-14-2-6-17(21)7-3-14/h2-3,6-10,13,15H,4-5,11-12H2,1H3,(H,22,23). The Hall–Kier alpha value is -1.81. The lowest BCUT2D eigenvalue weighted by molar-refractivity contribution is -0.138. The number of aliphatic carboxylic acids is 1. The highest BCUT2D eigenvalue weighted by Crippen LogP contribution is 2.39. The van der Waals surface area contributed by atoms with Gasteiger partial charge in [0.15, 0.2) is 0 Å². The van der Waals surface area contributed by atoms with Gasteiger partial charge in [0.2, 0.25) is 0 Å². The van der Waals surface area contributed by atoms with Gasteiger partial charge >= 0.3 is 5.97 Å². The summed E-state index contributed by atoms with van der Waals surface area (Å²) in [6, 6.07) is 14.3. The maximum Gasteiger partial charge on any atom is 0.303 e. The fourth-order valence-electron chi connectivity index (χ4n) is 3.43. The number of carboxylic acids is 1. The predicted octanol–water partition coefficient (Wildman–Crippen LogP) is 5.17. The Labute approximate surface area is 150 Å². The fourth-order valence-corrected chi connectivity index (χ4v) is 3.69. The topological polar surface area (TPSA) is 46.5 Å². The lowest BCUT2D eigenvalue weighted by Gasteiger charge is -2.30. The second-order valence-electron chi connectivity index (χ2n) is 6.46. The Morgan fingerprint density at radius 3 is 2.71 bits per heavy atom. The van der Waals surface area contributed by atoms with Crippen molar-refractivity contribution >= 4 is 21.9 Å². The van der Waals surface area contributed by atoms with E-state index in [1.807, 2.05) is 30.3 Å². The molecule has 0 spiro atoms. The van der Waals surface area contributed by atoms with Crippen molar-refractivity contribution in [3.8, 4) is 5.75 Å². The quantitative estimate of drug-likeness (QED) is 0.768. The van der Waals surface area contributed by atoms with Gasteiger partial charge in [-0.2, -0.15) is 0 Å². The van der Waals surface area contributed by atoms with E-state index < -0.39 is 5.97 Å². The van der Waals surface area contributed by atoms with Gasteiger partial charge in [-0.25, -0.2) is 0 Å². The Bertz CT molecular complexity index is 724. The first-order valence-corrected chi connectivity index (χ1v) is 9.04. The van der Waals surface area contributed by atoms with E-state index in [-0.39, 0.29) is 18.3 Å². The Morgan fingerprint density at radius 2 is 2.00 bits per heavy atom. The van der Waals surface area contributed by atoms with E-state index in [9.17, 15) is 4.79 Å². The molecule has 0 amide bonds. The van der Waals surface area contributed by atoms with Crippen LogP contribution in [0.3, 0.4) is 0 Å². The van der Waals surface area contributed by atoms with E-state index in [1.165, 1.54) is 11.1 Å². The molecule has 2 unspecified atom stereocenters. The molecule has 4 heteroatoms. The zero-order valence-electron chi connectivity index (χ0n) is 13.7. The summed E-state index contributed by atoms with van der Waals surface area (Å²) in [6.07, 6.45) is 2.10. The van der Waals surface area contributed by atoms with Gasteiger partial charge in [-0.3, -0.25) is 4.79 Å². The van der Waals surface area contributed by atoms with Crippen LogP contribution in [0.25, 0.3) is 0 Å². The minimum Gasteiger partial charge on any atom is -0.489 e. The minimum atomic E-state index is -0.704. The first-order valence-electron chi connectivity index (χ1n) is 8.25. The molecule has 1 aliphatic rings. The zero-order valence-corrected chi connectivity index (χ0v) is 15.3. The van der Waals surface area contributed by atoms with Crippen molar-refractivity contribution in [1.82, 2.24) is 0 Å². The van der Waals surface area contributed by atoms with Crippen LogP contribution in [-0.4, -0.2) is 11.1 Å². The molecule has 0 saturated carbocycles. The van der Waals surface area contributed by atoms with Gasteiger partial charge in [0.1, 0.15) is 12.4 Å². The summed E-state index contributed by atoms with van der Waals surface area (Å²) in [5.41, 5.74) is 3.69. The molecular formula is C20H21BrO3. The first-order chi connectivity index (χ1) is 11.5. The molecule has 1 aliphatic carbocycles. The number of carbonyl (C=O) groups is 1. The number of aryl methyl sites for hydroxylation is 1. The van der Waals surface area contributed by atoms with Crippen LogP contribution in [0.15, 0.2) is 46.9 Å². The highest BCUT2D eigenvalue weighted by molar-refractivity contribution is 9.10. The molecule has 126 valence electrons. The molecule has 2 aromatic rings. The summed E-state index contributed by atoms with van der Waals surface area (Å²) in [4.78, 5) is 11.0. The Balaban J connectivity index is 1.68. The van der Waals surface area contributed by atoms with Crippen molar-refractivity contribution in [3.63, 3.8) is 0 Å². The highest BCUT2D eigenvalue weighted by atomic mass is 79.9. The van der Waals surface area contributed by atoms with Gasteiger partial charge in [-0.05, 0) is 65.6 Å². The van der Waals surface area contributed by atoms with Crippen LogP contribution in [0.5, 0.6) is 5.75 Å². The maximum absolute atomic E-state index is 11.0. The molecule has 3 nitrogen and oxygen atoms in total. The van der Waals surface area contributed by atoms with Crippen LogP contribution >= 0.6 is 15.9 Å². The van der Waals surface area contributed by atoms with Gasteiger partial charge in [0.25, 0.3) is 0 Å². The van der Waals surface area contributed by atoms with Crippen molar-refractivity contribution in [1.29, 1.82) is 0 Å². The lowest BCUT2D eigenvalue weighted by Crippen LogP contribution is -2.21. The minimum absolute atomic E-state index is 0.226. The van der Waals surface area contributed by atoms with E-state index in [2.05, 4.69) is 35.0 Å². The van der Waals surface area contributed by atoms with E-state index >= 15 is 0 Å². The molecule has 0 saturated heterocycles.